The molecule has 1 rings (SSSR count). The van der Waals surface area contributed by atoms with Gasteiger partial charge in [0.2, 0.25) is 0 Å². The smallest absolute Gasteiger partial charge is 0.322 e. The highest BCUT2D eigenvalue weighted by Gasteiger charge is 2.20. The van der Waals surface area contributed by atoms with E-state index in [1.54, 1.807) is 6.20 Å². The summed E-state index contributed by atoms with van der Waals surface area (Å²) in [4.78, 5) is 17.7. The van der Waals surface area contributed by atoms with Crippen LogP contribution in [0.3, 0.4) is 0 Å². The number of nitrogens with zero attached hydrogens (tertiary/aromatic N) is 2. The van der Waals surface area contributed by atoms with Crippen LogP contribution in [0.4, 0.5) is 0 Å². The Morgan fingerprint density at radius 1 is 1.56 bits per heavy atom. The number of hydrogen-bond donors (Lipinski definition) is 0. The van der Waals surface area contributed by atoms with Crippen molar-refractivity contribution in [2.24, 2.45) is 0 Å². The van der Waals surface area contributed by atoms with E-state index in [0.29, 0.717) is 6.54 Å². The van der Waals surface area contributed by atoms with Crippen LogP contribution in [0, 0.1) is 0 Å². The summed E-state index contributed by atoms with van der Waals surface area (Å²) in [5.41, 5.74) is 0.958. The van der Waals surface area contributed by atoms with Crippen molar-refractivity contribution >= 4 is 5.97 Å². The molecule has 1 unspecified atom stereocenters. The van der Waals surface area contributed by atoms with Gasteiger partial charge in [-0.05, 0) is 25.6 Å². The zero-order valence-electron chi connectivity index (χ0n) is 10.0. The van der Waals surface area contributed by atoms with Gasteiger partial charge in [0.15, 0.2) is 0 Å². The molecule has 0 radical (unpaired) electrons. The van der Waals surface area contributed by atoms with Gasteiger partial charge >= 0.3 is 5.97 Å². The second-order valence-corrected chi connectivity index (χ2v) is 3.58. The van der Waals surface area contributed by atoms with Crippen LogP contribution in [0.2, 0.25) is 0 Å². The Balaban J connectivity index is 2.65. The third-order valence-corrected chi connectivity index (χ3v) is 2.59. The summed E-state index contributed by atoms with van der Waals surface area (Å²) >= 11 is 0. The first-order valence-corrected chi connectivity index (χ1v) is 5.40. The summed E-state index contributed by atoms with van der Waals surface area (Å²) < 4.78 is 4.73. The molecule has 0 spiro atoms. The topological polar surface area (TPSA) is 42.4 Å². The molecule has 0 aliphatic rings. The number of likely N-dealkylation sites (N-methyl/N-ethyl adjacent to an activating group) is 1. The zero-order valence-corrected chi connectivity index (χ0v) is 10.0. The number of pyridine rings is 1. The van der Waals surface area contributed by atoms with Crippen molar-refractivity contribution in [2.45, 2.75) is 26.4 Å². The Labute approximate surface area is 96.2 Å². The highest BCUT2D eigenvalue weighted by atomic mass is 16.5. The van der Waals surface area contributed by atoms with Gasteiger partial charge in [0.25, 0.3) is 0 Å². The standard InChI is InChI=1S/C12H18N2O2/c1-4-14(10(2)12(15)16-3)9-11-7-5-6-8-13-11/h5-8,10H,4,9H2,1-3H3. The molecule has 16 heavy (non-hydrogen) atoms. The monoisotopic (exact) mass is 222 g/mol. The molecule has 1 heterocycles. The molecule has 0 saturated carbocycles. The van der Waals surface area contributed by atoms with Crippen molar-refractivity contribution in [3.05, 3.63) is 30.1 Å². The first-order chi connectivity index (χ1) is 7.69. The van der Waals surface area contributed by atoms with Crippen LogP contribution < -0.4 is 0 Å². The number of ether oxygens (including phenoxy) is 1. The lowest BCUT2D eigenvalue weighted by atomic mass is 10.2. The van der Waals surface area contributed by atoms with E-state index in [4.69, 9.17) is 4.74 Å². The first kappa shape index (κ1) is 12.6. The number of carbonyl (C=O) groups excluding carboxylic acids is 1. The molecule has 4 nitrogen and oxygen atoms in total. The van der Waals surface area contributed by atoms with E-state index in [1.165, 1.54) is 7.11 Å². The van der Waals surface area contributed by atoms with Gasteiger partial charge in [-0.3, -0.25) is 14.7 Å². The van der Waals surface area contributed by atoms with E-state index in [1.807, 2.05) is 36.9 Å². The summed E-state index contributed by atoms with van der Waals surface area (Å²) in [7, 11) is 1.41. The van der Waals surface area contributed by atoms with Gasteiger partial charge in [-0.25, -0.2) is 0 Å². The fraction of sp³-hybridized carbons (Fsp3) is 0.500. The number of carbonyl (C=O) groups is 1. The summed E-state index contributed by atoms with van der Waals surface area (Å²) in [5, 5.41) is 0. The number of hydrogen-bond acceptors (Lipinski definition) is 4. The molecule has 0 aromatic carbocycles. The summed E-state index contributed by atoms with van der Waals surface area (Å²) in [6.07, 6.45) is 1.76. The average molecular weight is 222 g/mol. The quantitative estimate of drug-likeness (QED) is 0.707. The minimum absolute atomic E-state index is 0.210. The molecule has 0 saturated heterocycles. The summed E-state index contributed by atoms with van der Waals surface area (Å²) in [6.45, 7) is 5.31. The molecule has 0 amide bonds. The zero-order chi connectivity index (χ0) is 12.0. The molecule has 0 aliphatic carbocycles. The van der Waals surface area contributed by atoms with Gasteiger partial charge in [0, 0.05) is 12.7 Å². The summed E-state index contributed by atoms with van der Waals surface area (Å²) in [5.74, 6) is -0.210. The molecule has 88 valence electrons. The molecule has 0 fully saturated rings. The van der Waals surface area contributed by atoms with Crippen molar-refractivity contribution in [1.82, 2.24) is 9.88 Å². The Bertz CT molecular complexity index is 327. The Morgan fingerprint density at radius 3 is 2.81 bits per heavy atom. The van der Waals surface area contributed by atoms with Crippen molar-refractivity contribution in [3.63, 3.8) is 0 Å². The Kier molecular flexibility index (Phi) is 4.92. The first-order valence-electron chi connectivity index (χ1n) is 5.40. The third kappa shape index (κ3) is 3.31. The molecular formula is C12H18N2O2. The largest absolute Gasteiger partial charge is 0.468 e. The van der Waals surface area contributed by atoms with Gasteiger partial charge < -0.3 is 4.74 Å². The lowest BCUT2D eigenvalue weighted by Gasteiger charge is -2.25. The number of rotatable bonds is 5. The maximum absolute atomic E-state index is 11.4. The van der Waals surface area contributed by atoms with Crippen LogP contribution in [-0.2, 0) is 16.1 Å². The van der Waals surface area contributed by atoms with Gasteiger partial charge in [-0.2, -0.15) is 0 Å². The Hall–Kier alpha value is -1.42. The SMILES string of the molecule is CCN(Cc1ccccn1)C(C)C(=O)OC. The highest BCUT2D eigenvalue weighted by molar-refractivity contribution is 5.75. The molecule has 4 heteroatoms. The van der Waals surface area contributed by atoms with E-state index in [-0.39, 0.29) is 12.0 Å². The number of esters is 1. The minimum atomic E-state index is -0.239. The van der Waals surface area contributed by atoms with E-state index in [9.17, 15) is 4.79 Å². The maximum Gasteiger partial charge on any atom is 0.322 e. The van der Waals surface area contributed by atoms with E-state index < -0.39 is 0 Å². The number of aromatic nitrogens is 1. The van der Waals surface area contributed by atoms with E-state index in [2.05, 4.69) is 4.98 Å². The summed E-state index contributed by atoms with van der Waals surface area (Å²) in [6, 6.07) is 5.53. The predicted octanol–water partition coefficient (Wildman–Crippen LogP) is 1.47. The highest BCUT2D eigenvalue weighted by Crippen LogP contribution is 2.06. The van der Waals surface area contributed by atoms with Gasteiger partial charge in [0.05, 0.1) is 12.8 Å². The fourth-order valence-corrected chi connectivity index (χ4v) is 1.54. The van der Waals surface area contributed by atoms with Crippen LogP contribution in [0.15, 0.2) is 24.4 Å². The second kappa shape index (κ2) is 6.23. The van der Waals surface area contributed by atoms with Crippen LogP contribution in [0.1, 0.15) is 19.5 Å². The molecule has 1 atom stereocenters. The van der Waals surface area contributed by atoms with Crippen LogP contribution >= 0.6 is 0 Å². The van der Waals surface area contributed by atoms with Crippen molar-refractivity contribution in [1.29, 1.82) is 0 Å². The maximum atomic E-state index is 11.4. The third-order valence-electron chi connectivity index (χ3n) is 2.59. The number of methoxy groups -OCH3 is 1. The second-order valence-electron chi connectivity index (χ2n) is 3.58. The molecule has 1 aromatic rings. The van der Waals surface area contributed by atoms with Gasteiger partial charge in [-0.1, -0.05) is 13.0 Å². The van der Waals surface area contributed by atoms with E-state index >= 15 is 0 Å². The lowest BCUT2D eigenvalue weighted by Crippen LogP contribution is -2.39. The lowest BCUT2D eigenvalue weighted by molar-refractivity contribution is -0.146. The molecule has 0 bridgehead atoms. The van der Waals surface area contributed by atoms with Gasteiger partial charge in [-0.15, -0.1) is 0 Å². The normalized spacial score (nSPS) is 12.5. The van der Waals surface area contributed by atoms with Crippen molar-refractivity contribution in [2.75, 3.05) is 13.7 Å². The molecular weight excluding hydrogens is 204 g/mol. The fourth-order valence-electron chi connectivity index (χ4n) is 1.54. The van der Waals surface area contributed by atoms with E-state index in [0.717, 1.165) is 12.2 Å². The average Bonchev–Trinajstić information content (AvgIpc) is 2.35. The minimum Gasteiger partial charge on any atom is -0.468 e. The molecule has 1 aromatic heterocycles. The van der Waals surface area contributed by atoms with Crippen LogP contribution in [-0.4, -0.2) is 35.5 Å². The van der Waals surface area contributed by atoms with Crippen LogP contribution in [0.25, 0.3) is 0 Å². The van der Waals surface area contributed by atoms with Gasteiger partial charge in [0.1, 0.15) is 6.04 Å². The van der Waals surface area contributed by atoms with Crippen molar-refractivity contribution in [3.8, 4) is 0 Å². The molecule has 0 aliphatic heterocycles. The Morgan fingerprint density at radius 2 is 2.31 bits per heavy atom. The predicted molar refractivity (Wildman–Crippen MR) is 61.8 cm³/mol. The van der Waals surface area contributed by atoms with Crippen LogP contribution in [0.5, 0.6) is 0 Å². The molecule has 0 N–H and O–H groups in total. The van der Waals surface area contributed by atoms with Crippen molar-refractivity contribution < 1.29 is 9.53 Å².